The van der Waals surface area contributed by atoms with Crippen LogP contribution in [0, 0.1) is 6.92 Å². The van der Waals surface area contributed by atoms with Gasteiger partial charge in [-0.1, -0.05) is 24.6 Å². The molecule has 138 valence electrons. The molecule has 2 rings (SSSR count). The number of aryl methyl sites for hydroxylation is 1. The molecule has 1 amide bonds. The molecule has 2 aromatic rings. The number of hydrogen-bond donors (Lipinski definition) is 1. The Labute approximate surface area is 158 Å². The standard InChI is InChI=1S/C20H22ClNO4/c1-4-18(26-16-8-6-7-15(21)12-16)19(23)22-17-10-9-14(11-13(17)3)20(24)25-5-2/h6-12,18H,4-5H2,1-3H3,(H,22,23). The van der Waals surface area contributed by atoms with Gasteiger partial charge in [-0.25, -0.2) is 4.79 Å². The van der Waals surface area contributed by atoms with Gasteiger partial charge in [0.15, 0.2) is 6.10 Å². The van der Waals surface area contributed by atoms with Crippen molar-refractivity contribution in [3.8, 4) is 5.75 Å². The van der Waals surface area contributed by atoms with E-state index in [2.05, 4.69) is 5.32 Å². The monoisotopic (exact) mass is 375 g/mol. The van der Waals surface area contributed by atoms with Crippen molar-refractivity contribution in [2.24, 2.45) is 0 Å². The van der Waals surface area contributed by atoms with Crippen LogP contribution in [0.5, 0.6) is 5.75 Å². The van der Waals surface area contributed by atoms with Gasteiger partial charge in [0.25, 0.3) is 5.91 Å². The lowest BCUT2D eigenvalue weighted by molar-refractivity contribution is -0.122. The molecule has 6 heteroatoms. The van der Waals surface area contributed by atoms with E-state index in [9.17, 15) is 9.59 Å². The van der Waals surface area contributed by atoms with Crippen molar-refractivity contribution < 1.29 is 19.1 Å². The van der Waals surface area contributed by atoms with E-state index >= 15 is 0 Å². The van der Waals surface area contributed by atoms with Crippen LogP contribution >= 0.6 is 11.6 Å². The number of rotatable bonds is 7. The van der Waals surface area contributed by atoms with Crippen LogP contribution in [-0.2, 0) is 9.53 Å². The average Bonchev–Trinajstić information content (AvgIpc) is 2.61. The van der Waals surface area contributed by atoms with E-state index in [1.165, 1.54) is 0 Å². The number of anilines is 1. The van der Waals surface area contributed by atoms with Crippen LogP contribution < -0.4 is 10.1 Å². The van der Waals surface area contributed by atoms with Gasteiger partial charge in [0, 0.05) is 10.7 Å². The molecule has 0 heterocycles. The smallest absolute Gasteiger partial charge is 0.338 e. The number of halogens is 1. The van der Waals surface area contributed by atoms with Gasteiger partial charge in [-0.2, -0.15) is 0 Å². The highest BCUT2D eigenvalue weighted by atomic mass is 35.5. The molecule has 0 aliphatic carbocycles. The molecule has 0 aliphatic heterocycles. The highest BCUT2D eigenvalue weighted by molar-refractivity contribution is 6.30. The van der Waals surface area contributed by atoms with E-state index in [-0.39, 0.29) is 11.9 Å². The topological polar surface area (TPSA) is 64.6 Å². The Bertz CT molecular complexity index is 791. The Morgan fingerprint density at radius 1 is 1.15 bits per heavy atom. The van der Waals surface area contributed by atoms with Crippen molar-refractivity contribution in [1.29, 1.82) is 0 Å². The van der Waals surface area contributed by atoms with E-state index in [0.717, 1.165) is 5.56 Å². The summed E-state index contributed by atoms with van der Waals surface area (Å²) in [5.41, 5.74) is 1.84. The summed E-state index contributed by atoms with van der Waals surface area (Å²) >= 11 is 5.95. The zero-order valence-electron chi connectivity index (χ0n) is 15.0. The number of ether oxygens (including phenoxy) is 2. The summed E-state index contributed by atoms with van der Waals surface area (Å²) in [7, 11) is 0. The van der Waals surface area contributed by atoms with Crippen LogP contribution in [0.2, 0.25) is 5.02 Å². The van der Waals surface area contributed by atoms with Gasteiger partial charge in [-0.05, 0) is 62.2 Å². The maximum Gasteiger partial charge on any atom is 0.338 e. The molecule has 0 fully saturated rings. The number of hydrogen-bond acceptors (Lipinski definition) is 4. The van der Waals surface area contributed by atoms with Gasteiger partial charge in [-0.15, -0.1) is 0 Å². The fraction of sp³-hybridized carbons (Fsp3) is 0.300. The molecule has 0 bridgehead atoms. The SMILES string of the molecule is CCOC(=O)c1ccc(NC(=O)C(CC)Oc2cccc(Cl)c2)c(C)c1. The molecular weight excluding hydrogens is 354 g/mol. The van der Waals surface area contributed by atoms with Gasteiger partial charge in [-0.3, -0.25) is 4.79 Å². The minimum Gasteiger partial charge on any atom is -0.481 e. The first-order chi connectivity index (χ1) is 12.4. The maximum absolute atomic E-state index is 12.5. The first-order valence-electron chi connectivity index (χ1n) is 8.45. The molecule has 2 aromatic carbocycles. The van der Waals surface area contributed by atoms with Crippen molar-refractivity contribution in [2.75, 3.05) is 11.9 Å². The fourth-order valence-corrected chi connectivity index (χ4v) is 2.57. The zero-order valence-corrected chi connectivity index (χ0v) is 15.8. The minimum atomic E-state index is -0.655. The molecule has 0 spiro atoms. The Hall–Kier alpha value is -2.53. The second-order valence-corrected chi connectivity index (χ2v) is 6.15. The van der Waals surface area contributed by atoms with Crippen LogP contribution in [0.3, 0.4) is 0 Å². The van der Waals surface area contributed by atoms with Gasteiger partial charge < -0.3 is 14.8 Å². The summed E-state index contributed by atoms with van der Waals surface area (Å²) in [6.07, 6.45) is -0.157. The summed E-state index contributed by atoms with van der Waals surface area (Å²) in [6, 6.07) is 11.9. The summed E-state index contributed by atoms with van der Waals surface area (Å²) in [5, 5.41) is 3.39. The van der Waals surface area contributed by atoms with E-state index in [1.807, 2.05) is 13.8 Å². The lowest BCUT2D eigenvalue weighted by Crippen LogP contribution is -2.32. The predicted octanol–water partition coefficient (Wildman–Crippen LogP) is 4.62. The van der Waals surface area contributed by atoms with Crippen molar-refractivity contribution in [2.45, 2.75) is 33.3 Å². The van der Waals surface area contributed by atoms with Gasteiger partial charge in [0.05, 0.1) is 12.2 Å². The molecule has 1 unspecified atom stereocenters. The lowest BCUT2D eigenvalue weighted by Gasteiger charge is -2.18. The lowest BCUT2D eigenvalue weighted by atomic mass is 10.1. The summed E-state index contributed by atoms with van der Waals surface area (Å²) in [4.78, 5) is 24.3. The molecule has 1 atom stereocenters. The number of carbonyl (C=O) groups is 2. The molecule has 0 aliphatic rings. The Morgan fingerprint density at radius 2 is 1.92 bits per heavy atom. The van der Waals surface area contributed by atoms with Gasteiger partial charge >= 0.3 is 5.97 Å². The maximum atomic E-state index is 12.5. The minimum absolute atomic E-state index is 0.264. The molecule has 0 saturated carbocycles. The largest absolute Gasteiger partial charge is 0.481 e. The Balaban J connectivity index is 2.08. The molecule has 26 heavy (non-hydrogen) atoms. The number of carbonyl (C=O) groups excluding carboxylic acids is 2. The summed E-state index contributed by atoms with van der Waals surface area (Å²) < 4.78 is 10.7. The third-order valence-electron chi connectivity index (χ3n) is 3.73. The van der Waals surface area contributed by atoms with Crippen molar-refractivity contribution in [3.05, 3.63) is 58.6 Å². The van der Waals surface area contributed by atoms with Crippen LogP contribution in [-0.4, -0.2) is 24.6 Å². The highest BCUT2D eigenvalue weighted by Gasteiger charge is 2.20. The van der Waals surface area contributed by atoms with E-state index in [0.29, 0.717) is 35.1 Å². The van der Waals surface area contributed by atoms with Crippen LogP contribution in [0.1, 0.15) is 36.2 Å². The molecular formula is C20H22ClNO4. The van der Waals surface area contributed by atoms with Gasteiger partial charge in [0.2, 0.25) is 0 Å². The molecule has 1 N–H and O–H groups in total. The quantitative estimate of drug-likeness (QED) is 0.717. The predicted molar refractivity (Wildman–Crippen MR) is 102 cm³/mol. The summed E-state index contributed by atoms with van der Waals surface area (Å²) in [6.45, 7) is 5.75. The van der Waals surface area contributed by atoms with E-state index in [1.54, 1.807) is 49.4 Å². The third-order valence-corrected chi connectivity index (χ3v) is 3.97. The number of benzene rings is 2. The van der Waals surface area contributed by atoms with Crippen LogP contribution in [0.15, 0.2) is 42.5 Å². The molecule has 0 saturated heterocycles. The van der Waals surface area contributed by atoms with E-state index in [4.69, 9.17) is 21.1 Å². The number of esters is 1. The molecule has 0 radical (unpaired) electrons. The second-order valence-electron chi connectivity index (χ2n) is 5.71. The molecule has 5 nitrogen and oxygen atoms in total. The number of amides is 1. The van der Waals surface area contributed by atoms with Crippen LogP contribution in [0.25, 0.3) is 0 Å². The Kier molecular flexibility index (Phi) is 7.04. The zero-order chi connectivity index (χ0) is 19.1. The normalized spacial score (nSPS) is 11.5. The average molecular weight is 376 g/mol. The van der Waals surface area contributed by atoms with Crippen molar-refractivity contribution in [1.82, 2.24) is 0 Å². The first-order valence-corrected chi connectivity index (χ1v) is 8.83. The van der Waals surface area contributed by atoms with Crippen molar-refractivity contribution in [3.63, 3.8) is 0 Å². The highest BCUT2D eigenvalue weighted by Crippen LogP contribution is 2.21. The number of nitrogens with one attached hydrogen (secondary N) is 1. The summed E-state index contributed by atoms with van der Waals surface area (Å²) in [5.74, 6) is -0.113. The fourth-order valence-electron chi connectivity index (χ4n) is 2.39. The Morgan fingerprint density at radius 3 is 2.54 bits per heavy atom. The third kappa shape index (κ3) is 5.23. The second kappa shape index (κ2) is 9.25. The molecule has 0 aromatic heterocycles. The van der Waals surface area contributed by atoms with Crippen LogP contribution in [0.4, 0.5) is 5.69 Å². The van der Waals surface area contributed by atoms with Gasteiger partial charge in [0.1, 0.15) is 5.75 Å². The van der Waals surface area contributed by atoms with E-state index < -0.39 is 6.10 Å². The first kappa shape index (κ1) is 19.8. The van der Waals surface area contributed by atoms with Crippen molar-refractivity contribution >= 4 is 29.2 Å².